The molecule has 4 N–H and O–H groups in total. The van der Waals surface area contributed by atoms with Gasteiger partial charge in [-0.2, -0.15) is 0 Å². The van der Waals surface area contributed by atoms with Crippen molar-refractivity contribution in [2.75, 3.05) is 37.4 Å². The summed E-state index contributed by atoms with van der Waals surface area (Å²) in [7, 11) is 1.96. The van der Waals surface area contributed by atoms with Gasteiger partial charge in [0.05, 0.1) is 24.6 Å². The van der Waals surface area contributed by atoms with Crippen LogP contribution < -0.4 is 15.4 Å². The van der Waals surface area contributed by atoms with Gasteiger partial charge in [0.25, 0.3) is 0 Å². The number of anilines is 2. The first-order valence-electron chi connectivity index (χ1n) is 14.2. The second-order valence-electron chi connectivity index (χ2n) is 11.2. The Bertz CT molecular complexity index is 1440. The molecule has 1 aliphatic heterocycles. The zero-order valence-corrected chi connectivity index (χ0v) is 25.1. The fourth-order valence-electron chi connectivity index (χ4n) is 5.10. The van der Waals surface area contributed by atoms with Crippen LogP contribution in [0.3, 0.4) is 0 Å². The maximum atomic E-state index is 13.5. The molecule has 2 heterocycles. The lowest BCUT2D eigenvalue weighted by molar-refractivity contribution is -0.134. The highest BCUT2D eigenvalue weighted by Gasteiger charge is 2.31. The number of amides is 3. The molecule has 0 saturated carbocycles. The van der Waals surface area contributed by atoms with Crippen LogP contribution in [0.25, 0.3) is 0 Å². The van der Waals surface area contributed by atoms with Crippen molar-refractivity contribution >= 4 is 29.3 Å². The zero-order chi connectivity index (χ0) is 31.3. The number of aliphatic hydroxyl groups excluding tert-OH is 1. The number of nitrogens with zero attached hydrogens (tertiary/aromatic N) is 3. The summed E-state index contributed by atoms with van der Waals surface area (Å²) in [5.41, 5.74) is 3.33. The summed E-state index contributed by atoms with van der Waals surface area (Å²) < 4.78 is 11.7. The minimum Gasteiger partial charge on any atom is -0.488 e. The minimum absolute atomic E-state index is 0.0336. The molecule has 12 heteroatoms. The van der Waals surface area contributed by atoms with E-state index >= 15 is 0 Å². The van der Waals surface area contributed by atoms with Crippen LogP contribution in [-0.2, 0) is 17.8 Å². The van der Waals surface area contributed by atoms with Crippen LogP contribution in [0.15, 0.2) is 47.0 Å². The number of aliphatic hydroxyl groups is 1. The maximum Gasteiger partial charge on any atom is 0.335 e. The van der Waals surface area contributed by atoms with Gasteiger partial charge in [-0.05, 0) is 63.7 Å². The maximum absolute atomic E-state index is 13.5. The first kappa shape index (κ1) is 31.5. The van der Waals surface area contributed by atoms with Crippen molar-refractivity contribution in [3.63, 3.8) is 0 Å². The van der Waals surface area contributed by atoms with Crippen LogP contribution in [0.5, 0.6) is 5.75 Å². The fraction of sp³-hybridized carbons (Fsp3) is 0.419. The third kappa shape index (κ3) is 7.90. The standard InChI is InChI=1S/C31H39N5O7/c1-18-14-36(19(2)17-37)28(38)13-24-12-25(32-31(41)33-29-20(3)34-43-21(29)4)10-11-26(24)42-27(18)16-35(5)15-22-6-8-23(9-7-22)30(39)40/h6-12,18-19,27,37H,13-17H2,1-5H3,(H,39,40)(H2,32,33,41)/t18-,19-,27+/m1/s1. The molecule has 1 aliphatic rings. The number of carboxylic acids is 1. The molecule has 0 fully saturated rings. The number of benzene rings is 2. The lowest BCUT2D eigenvalue weighted by Gasteiger charge is -2.34. The van der Waals surface area contributed by atoms with Crippen molar-refractivity contribution in [1.82, 2.24) is 15.0 Å². The van der Waals surface area contributed by atoms with E-state index in [1.807, 2.05) is 20.9 Å². The van der Waals surface area contributed by atoms with Gasteiger partial charge in [-0.1, -0.05) is 24.2 Å². The molecule has 3 amide bonds. The number of urea groups is 1. The molecular weight excluding hydrogens is 554 g/mol. The molecule has 0 saturated heterocycles. The van der Waals surface area contributed by atoms with Crippen molar-refractivity contribution in [1.29, 1.82) is 0 Å². The van der Waals surface area contributed by atoms with Gasteiger partial charge in [0.2, 0.25) is 5.91 Å². The summed E-state index contributed by atoms with van der Waals surface area (Å²) in [6.07, 6.45) is -0.283. The van der Waals surface area contributed by atoms with E-state index < -0.39 is 12.0 Å². The summed E-state index contributed by atoms with van der Waals surface area (Å²) in [5.74, 6) is -0.175. The van der Waals surface area contributed by atoms with Gasteiger partial charge < -0.3 is 35.0 Å². The summed E-state index contributed by atoms with van der Waals surface area (Å²) in [6, 6.07) is 11.1. The first-order valence-corrected chi connectivity index (χ1v) is 14.2. The van der Waals surface area contributed by atoms with E-state index in [2.05, 4.69) is 20.7 Å². The number of hydrogen-bond donors (Lipinski definition) is 4. The largest absolute Gasteiger partial charge is 0.488 e. The van der Waals surface area contributed by atoms with Crippen LogP contribution in [0, 0.1) is 19.8 Å². The summed E-state index contributed by atoms with van der Waals surface area (Å²) in [6.45, 7) is 8.57. The fourth-order valence-corrected chi connectivity index (χ4v) is 5.10. The smallest absolute Gasteiger partial charge is 0.335 e. The summed E-state index contributed by atoms with van der Waals surface area (Å²) >= 11 is 0. The molecular formula is C31H39N5O7. The van der Waals surface area contributed by atoms with Gasteiger partial charge in [-0.15, -0.1) is 0 Å². The van der Waals surface area contributed by atoms with Gasteiger partial charge in [-0.25, -0.2) is 9.59 Å². The number of nitrogens with one attached hydrogen (secondary N) is 2. The van der Waals surface area contributed by atoms with Crippen LogP contribution in [-0.4, -0.2) is 82.0 Å². The highest BCUT2D eigenvalue weighted by molar-refractivity contribution is 6.00. The van der Waals surface area contributed by atoms with E-state index in [0.29, 0.717) is 53.8 Å². The molecule has 1 aromatic heterocycles. The molecule has 12 nitrogen and oxygen atoms in total. The molecule has 43 heavy (non-hydrogen) atoms. The highest BCUT2D eigenvalue weighted by atomic mass is 16.5. The molecule has 0 aliphatic carbocycles. The topological polar surface area (TPSA) is 157 Å². The SMILES string of the molecule is Cc1noc(C)c1NC(=O)Nc1ccc2c(c1)CC(=O)N([C@H](C)CO)C[C@@H](C)[C@H](CN(C)Cc1ccc(C(=O)O)cc1)O2. The molecule has 3 aromatic rings. The van der Waals surface area contributed by atoms with Gasteiger partial charge in [0.1, 0.15) is 23.2 Å². The number of ether oxygens (including phenoxy) is 1. The number of likely N-dealkylation sites (N-methyl/N-ethyl adjacent to an activating group) is 1. The van der Waals surface area contributed by atoms with E-state index in [4.69, 9.17) is 9.26 Å². The van der Waals surface area contributed by atoms with Crippen molar-refractivity contribution < 1.29 is 33.9 Å². The predicted octanol–water partition coefficient (Wildman–Crippen LogP) is 3.91. The van der Waals surface area contributed by atoms with E-state index in [1.165, 1.54) is 0 Å². The van der Waals surface area contributed by atoms with Crippen LogP contribution in [0.1, 0.15) is 46.8 Å². The molecule has 0 radical (unpaired) electrons. The third-order valence-electron chi connectivity index (χ3n) is 7.59. The average Bonchev–Trinajstić information content (AvgIpc) is 3.29. The quantitative estimate of drug-likeness (QED) is 0.289. The zero-order valence-electron chi connectivity index (χ0n) is 25.1. The Hall–Kier alpha value is -4.42. The molecule has 2 aromatic carbocycles. The molecule has 4 rings (SSSR count). The van der Waals surface area contributed by atoms with Crippen LogP contribution in [0.2, 0.25) is 0 Å². The lowest BCUT2D eigenvalue weighted by atomic mass is 10.0. The number of aromatic nitrogens is 1. The number of carbonyl (C=O) groups excluding carboxylic acids is 2. The van der Waals surface area contributed by atoms with Gasteiger partial charge >= 0.3 is 12.0 Å². The molecule has 0 spiro atoms. The normalized spacial score (nSPS) is 17.7. The summed E-state index contributed by atoms with van der Waals surface area (Å²) in [4.78, 5) is 41.2. The Labute approximate surface area is 250 Å². The molecule has 0 unspecified atom stereocenters. The minimum atomic E-state index is -0.970. The Balaban J connectivity index is 1.55. The molecule has 230 valence electrons. The monoisotopic (exact) mass is 593 g/mol. The number of rotatable bonds is 9. The van der Waals surface area contributed by atoms with E-state index in [-0.39, 0.29) is 42.6 Å². The van der Waals surface area contributed by atoms with Gasteiger partial charge in [-0.3, -0.25) is 9.69 Å². The summed E-state index contributed by atoms with van der Waals surface area (Å²) in [5, 5.41) is 28.5. The number of carboxylic acid groups (broad SMARTS) is 1. The highest BCUT2D eigenvalue weighted by Crippen LogP contribution is 2.30. The van der Waals surface area contributed by atoms with Crippen molar-refractivity contribution in [2.45, 2.75) is 52.8 Å². The Morgan fingerprint density at radius 1 is 1.16 bits per heavy atom. The van der Waals surface area contributed by atoms with Crippen molar-refractivity contribution in [3.8, 4) is 5.75 Å². The number of fused-ring (bicyclic) bond motifs is 1. The Morgan fingerprint density at radius 2 is 1.88 bits per heavy atom. The molecule has 3 atom stereocenters. The van der Waals surface area contributed by atoms with Crippen molar-refractivity contribution in [2.24, 2.45) is 5.92 Å². The third-order valence-corrected chi connectivity index (χ3v) is 7.59. The predicted molar refractivity (Wildman–Crippen MR) is 160 cm³/mol. The van der Waals surface area contributed by atoms with Crippen LogP contribution in [0.4, 0.5) is 16.2 Å². The number of carbonyl (C=O) groups is 3. The van der Waals surface area contributed by atoms with Crippen LogP contribution >= 0.6 is 0 Å². The van der Waals surface area contributed by atoms with E-state index in [9.17, 15) is 24.6 Å². The number of aryl methyl sites for hydroxylation is 2. The Kier molecular flexibility index (Phi) is 10.0. The first-order chi connectivity index (χ1) is 20.4. The average molecular weight is 594 g/mol. The Morgan fingerprint density at radius 3 is 2.51 bits per heavy atom. The number of hydrogen-bond acceptors (Lipinski definition) is 8. The molecule has 0 bridgehead atoms. The van der Waals surface area contributed by atoms with Gasteiger partial charge in [0.15, 0.2) is 5.76 Å². The van der Waals surface area contributed by atoms with E-state index in [0.717, 1.165) is 5.56 Å². The number of aromatic carboxylic acids is 1. The lowest BCUT2D eigenvalue weighted by Crippen LogP contribution is -2.47. The second kappa shape index (κ2) is 13.7. The van der Waals surface area contributed by atoms with E-state index in [1.54, 1.807) is 61.2 Å². The van der Waals surface area contributed by atoms with Crippen molar-refractivity contribution in [3.05, 3.63) is 70.6 Å². The van der Waals surface area contributed by atoms with Gasteiger partial charge in [0, 0.05) is 36.8 Å². The second-order valence-corrected chi connectivity index (χ2v) is 11.2.